The second-order valence-corrected chi connectivity index (χ2v) is 4.48. The van der Waals surface area contributed by atoms with Crippen LogP contribution in [0.15, 0.2) is 28.8 Å². The fourth-order valence-corrected chi connectivity index (χ4v) is 1.83. The van der Waals surface area contributed by atoms with Gasteiger partial charge in [0.05, 0.1) is 5.69 Å². The Bertz CT molecular complexity index is 570. The van der Waals surface area contributed by atoms with E-state index in [9.17, 15) is 4.79 Å². The standard InChI is InChI=1S/C15H17NO3/c1-4-13-14(11(3)19-16-13)15(17)18-9-12-7-5-10(2)6-8-12/h5-8H,4,9H2,1-3H3. The summed E-state index contributed by atoms with van der Waals surface area (Å²) in [6.45, 7) is 5.92. The van der Waals surface area contributed by atoms with Crippen LogP contribution in [0.5, 0.6) is 0 Å². The Morgan fingerprint density at radius 3 is 2.58 bits per heavy atom. The second kappa shape index (κ2) is 5.69. The Morgan fingerprint density at radius 2 is 1.95 bits per heavy atom. The Hall–Kier alpha value is -2.10. The molecule has 0 aliphatic rings. The number of ether oxygens (including phenoxy) is 1. The molecule has 100 valence electrons. The Morgan fingerprint density at radius 1 is 1.26 bits per heavy atom. The molecule has 4 nitrogen and oxygen atoms in total. The molecule has 0 aliphatic carbocycles. The maximum Gasteiger partial charge on any atom is 0.344 e. The van der Waals surface area contributed by atoms with Gasteiger partial charge in [-0.05, 0) is 25.8 Å². The summed E-state index contributed by atoms with van der Waals surface area (Å²) in [4.78, 5) is 12.0. The number of nitrogens with zero attached hydrogens (tertiary/aromatic N) is 1. The van der Waals surface area contributed by atoms with Crippen molar-refractivity contribution in [3.8, 4) is 0 Å². The third-order valence-electron chi connectivity index (χ3n) is 2.96. The minimum Gasteiger partial charge on any atom is -0.457 e. The van der Waals surface area contributed by atoms with E-state index >= 15 is 0 Å². The lowest BCUT2D eigenvalue weighted by Crippen LogP contribution is -2.08. The molecule has 0 atom stereocenters. The summed E-state index contributed by atoms with van der Waals surface area (Å²) in [5.41, 5.74) is 3.24. The molecule has 0 unspecified atom stereocenters. The van der Waals surface area contributed by atoms with Crippen LogP contribution in [0.25, 0.3) is 0 Å². The van der Waals surface area contributed by atoms with Gasteiger partial charge in [-0.25, -0.2) is 4.79 Å². The van der Waals surface area contributed by atoms with E-state index in [0.717, 1.165) is 5.56 Å². The summed E-state index contributed by atoms with van der Waals surface area (Å²) >= 11 is 0. The molecule has 0 fully saturated rings. The highest BCUT2D eigenvalue weighted by Gasteiger charge is 2.20. The minimum atomic E-state index is -0.379. The van der Waals surface area contributed by atoms with Crippen LogP contribution < -0.4 is 0 Å². The third-order valence-corrected chi connectivity index (χ3v) is 2.96. The molecule has 1 heterocycles. The van der Waals surface area contributed by atoms with Crippen LogP contribution in [-0.4, -0.2) is 11.1 Å². The number of esters is 1. The predicted molar refractivity (Wildman–Crippen MR) is 70.9 cm³/mol. The molecule has 2 rings (SSSR count). The lowest BCUT2D eigenvalue weighted by atomic mass is 10.1. The van der Waals surface area contributed by atoms with Crippen LogP contribution in [0.1, 0.15) is 39.9 Å². The first-order valence-corrected chi connectivity index (χ1v) is 6.29. The fourth-order valence-electron chi connectivity index (χ4n) is 1.83. The Kier molecular flexibility index (Phi) is 4.00. The zero-order valence-electron chi connectivity index (χ0n) is 11.4. The van der Waals surface area contributed by atoms with Gasteiger partial charge in [0.15, 0.2) is 0 Å². The lowest BCUT2D eigenvalue weighted by molar-refractivity contribution is 0.0469. The number of aromatic nitrogens is 1. The van der Waals surface area contributed by atoms with Crippen molar-refractivity contribution in [3.63, 3.8) is 0 Å². The zero-order chi connectivity index (χ0) is 13.8. The Labute approximate surface area is 112 Å². The monoisotopic (exact) mass is 259 g/mol. The zero-order valence-corrected chi connectivity index (χ0v) is 11.4. The van der Waals surface area contributed by atoms with Gasteiger partial charge in [0, 0.05) is 0 Å². The van der Waals surface area contributed by atoms with Crippen LogP contribution in [0.4, 0.5) is 0 Å². The quantitative estimate of drug-likeness (QED) is 0.791. The number of hydrogen-bond donors (Lipinski definition) is 0. The van der Waals surface area contributed by atoms with Gasteiger partial charge in [-0.3, -0.25) is 0 Å². The van der Waals surface area contributed by atoms with Crippen LogP contribution in [0.2, 0.25) is 0 Å². The molecule has 0 amide bonds. The van der Waals surface area contributed by atoms with Crippen molar-refractivity contribution in [2.75, 3.05) is 0 Å². The van der Waals surface area contributed by atoms with Gasteiger partial charge in [-0.15, -0.1) is 0 Å². The number of carbonyl (C=O) groups is 1. The summed E-state index contributed by atoms with van der Waals surface area (Å²) in [5, 5.41) is 3.85. The molecule has 2 aromatic rings. The van der Waals surface area contributed by atoms with Crippen molar-refractivity contribution in [2.24, 2.45) is 0 Å². The van der Waals surface area contributed by atoms with Gasteiger partial charge in [-0.1, -0.05) is 41.9 Å². The first-order chi connectivity index (χ1) is 9.11. The topological polar surface area (TPSA) is 52.3 Å². The number of aryl methyl sites for hydroxylation is 3. The fraction of sp³-hybridized carbons (Fsp3) is 0.333. The van der Waals surface area contributed by atoms with Crippen LogP contribution in [0.3, 0.4) is 0 Å². The van der Waals surface area contributed by atoms with Crippen LogP contribution in [-0.2, 0) is 17.8 Å². The number of carbonyl (C=O) groups excluding carboxylic acids is 1. The molecule has 1 aromatic carbocycles. The summed E-state index contributed by atoms with van der Waals surface area (Å²) in [7, 11) is 0. The molecule has 0 saturated heterocycles. The first kappa shape index (κ1) is 13.3. The van der Waals surface area contributed by atoms with Gasteiger partial charge in [0.1, 0.15) is 17.9 Å². The second-order valence-electron chi connectivity index (χ2n) is 4.48. The number of hydrogen-bond acceptors (Lipinski definition) is 4. The summed E-state index contributed by atoms with van der Waals surface area (Å²) in [6.07, 6.45) is 0.645. The predicted octanol–water partition coefficient (Wildman–Crippen LogP) is 3.21. The molecule has 0 spiro atoms. The van der Waals surface area contributed by atoms with Crippen LogP contribution in [0, 0.1) is 13.8 Å². The molecule has 0 saturated carbocycles. The van der Waals surface area contributed by atoms with E-state index in [1.807, 2.05) is 38.1 Å². The molecule has 0 radical (unpaired) electrons. The molecule has 4 heteroatoms. The first-order valence-electron chi connectivity index (χ1n) is 6.29. The van der Waals surface area contributed by atoms with Crippen molar-refractivity contribution >= 4 is 5.97 Å². The van der Waals surface area contributed by atoms with Gasteiger partial charge >= 0.3 is 5.97 Å². The van der Waals surface area contributed by atoms with Crippen molar-refractivity contribution in [3.05, 3.63) is 52.4 Å². The van der Waals surface area contributed by atoms with E-state index in [1.165, 1.54) is 5.56 Å². The molecule has 1 aromatic heterocycles. The molecular formula is C15H17NO3. The Balaban J connectivity index is 2.05. The van der Waals surface area contributed by atoms with E-state index in [1.54, 1.807) is 6.92 Å². The molecule has 0 N–H and O–H groups in total. The summed E-state index contributed by atoms with van der Waals surface area (Å²) in [5.74, 6) is 0.127. The maximum atomic E-state index is 12.0. The SMILES string of the molecule is CCc1noc(C)c1C(=O)OCc1ccc(C)cc1. The number of benzene rings is 1. The average molecular weight is 259 g/mol. The van der Waals surface area contributed by atoms with Crippen molar-refractivity contribution < 1.29 is 14.1 Å². The summed E-state index contributed by atoms with van der Waals surface area (Å²) in [6, 6.07) is 7.88. The van der Waals surface area contributed by atoms with E-state index in [4.69, 9.17) is 9.26 Å². The highest BCUT2D eigenvalue weighted by Crippen LogP contribution is 2.16. The van der Waals surface area contributed by atoms with Gasteiger partial charge in [0.25, 0.3) is 0 Å². The highest BCUT2D eigenvalue weighted by atomic mass is 16.5. The number of rotatable bonds is 4. The van der Waals surface area contributed by atoms with Gasteiger partial charge < -0.3 is 9.26 Å². The molecular weight excluding hydrogens is 242 g/mol. The highest BCUT2D eigenvalue weighted by molar-refractivity contribution is 5.91. The van der Waals surface area contributed by atoms with Gasteiger partial charge in [-0.2, -0.15) is 0 Å². The normalized spacial score (nSPS) is 10.5. The van der Waals surface area contributed by atoms with E-state index in [0.29, 0.717) is 23.4 Å². The molecule has 0 bridgehead atoms. The smallest absolute Gasteiger partial charge is 0.344 e. The van der Waals surface area contributed by atoms with Crippen molar-refractivity contribution in [2.45, 2.75) is 33.8 Å². The van der Waals surface area contributed by atoms with E-state index in [-0.39, 0.29) is 12.6 Å². The van der Waals surface area contributed by atoms with Crippen molar-refractivity contribution in [1.82, 2.24) is 5.16 Å². The molecule has 0 aliphatic heterocycles. The average Bonchev–Trinajstić information content (AvgIpc) is 2.79. The largest absolute Gasteiger partial charge is 0.457 e. The van der Waals surface area contributed by atoms with E-state index < -0.39 is 0 Å². The maximum absolute atomic E-state index is 12.0. The minimum absolute atomic E-state index is 0.257. The molecule has 19 heavy (non-hydrogen) atoms. The summed E-state index contributed by atoms with van der Waals surface area (Å²) < 4.78 is 10.3. The lowest BCUT2D eigenvalue weighted by Gasteiger charge is -2.05. The third kappa shape index (κ3) is 3.02. The van der Waals surface area contributed by atoms with Gasteiger partial charge in [0.2, 0.25) is 0 Å². The van der Waals surface area contributed by atoms with E-state index in [2.05, 4.69) is 5.16 Å². The van der Waals surface area contributed by atoms with Crippen molar-refractivity contribution in [1.29, 1.82) is 0 Å². The van der Waals surface area contributed by atoms with Crippen LogP contribution >= 0.6 is 0 Å².